The van der Waals surface area contributed by atoms with Crippen LogP contribution < -0.4 is 106 Å². The van der Waals surface area contributed by atoms with Gasteiger partial charge in [0, 0.05) is 0 Å². The standard InChI is InChI=1S/3CH3NS2.3Na/c3*2-1(3)4;;;/h3*(H3,2,3,4);;;/q;;;3*+1/p-3. The van der Waals surface area contributed by atoms with Gasteiger partial charge >= 0.3 is 88.7 Å². The Hall–Kier alpha value is 3.33. The molecule has 3 nitrogen and oxygen atoms in total. The van der Waals surface area contributed by atoms with E-state index in [0.29, 0.717) is 0 Å². The predicted molar refractivity (Wildman–Crippen MR) is 72.5 cm³/mol. The van der Waals surface area contributed by atoms with Gasteiger partial charge in [-0.15, -0.1) is 0 Å². The molecular formula is C3H6N3Na3S6. The van der Waals surface area contributed by atoms with Crippen molar-refractivity contribution in [3.63, 3.8) is 0 Å². The van der Waals surface area contributed by atoms with E-state index in [4.69, 9.17) is 0 Å². The van der Waals surface area contributed by atoms with Crippen LogP contribution in [0.25, 0.3) is 0 Å². The molecule has 0 unspecified atom stereocenters. The molecule has 0 aromatic heterocycles. The van der Waals surface area contributed by atoms with E-state index in [1.165, 1.54) is 0 Å². The maximum absolute atomic E-state index is 4.66. The maximum Gasteiger partial charge on any atom is 1.00 e. The fourth-order valence-electron chi connectivity index (χ4n) is 0. The van der Waals surface area contributed by atoms with Crippen molar-refractivity contribution in [1.82, 2.24) is 0 Å². The van der Waals surface area contributed by atoms with E-state index in [9.17, 15) is 0 Å². The molecule has 0 fully saturated rings. The van der Waals surface area contributed by atoms with Crippen LogP contribution in [0.3, 0.4) is 0 Å². The Morgan fingerprint density at radius 2 is 0.600 bits per heavy atom. The van der Waals surface area contributed by atoms with Gasteiger partial charge in [0.1, 0.15) is 0 Å². The zero-order valence-electron chi connectivity index (χ0n) is 8.68. The molecule has 15 heavy (non-hydrogen) atoms. The summed E-state index contributed by atoms with van der Waals surface area (Å²) in [5.41, 5.74) is 14.0. The fraction of sp³-hybridized carbons (Fsp3) is 0. The maximum atomic E-state index is 4.66. The predicted octanol–water partition coefficient (Wildman–Crippen LogP) is -9.66. The van der Waals surface area contributed by atoms with Crippen molar-refractivity contribution in [2.75, 3.05) is 0 Å². The molecule has 0 aliphatic rings. The number of rotatable bonds is 0. The molecule has 0 aromatic carbocycles. The summed E-state index contributed by atoms with van der Waals surface area (Å²) in [6.45, 7) is 0. The third-order valence-corrected chi connectivity index (χ3v) is 0. The van der Waals surface area contributed by atoms with Gasteiger partial charge in [-0.3, -0.25) is 0 Å². The van der Waals surface area contributed by atoms with Gasteiger partial charge < -0.3 is 91.7 Å². The average Bonchev–Trinajstić information content (AvgIpc) is 1.54. The second kappa shape index (κ2) is 30.4. The summed E-state index contributed by atoms with van der Waals surface area (Å²) in [7, 11) is 0. The zero-order chi connectivity index (χ0) is 10.7. The van der Waals surface area contributed by atoms with Crippen LogP contribution in [0.15, 0.2) is 0 Å². The van der Waals surface area contributed by atoms with Crippen molar-refractivity contribution in [3.8, 4) is 0 Å². The van der Waals surface area contributed by atoms with Crippen molar-refractivity contribution in [1.29, 1.82) is 0 Å². The van der Waals surface area contributed by atoms with Gasteiger partial charge in [0.25, 0.3) is 0 Å². The molecule has 12 heteroatoms. The molecular weight excluding hydrogens is 339 g/mol. The van der Waals surface area contributed by atoms with Crippen LogP contribution in [-0.2, 0) is 37.9 Å². The van der Waals surface area contributed by atoms with Crippen LogP contribution in [0.1, 0.15) is 0 Å². The Balaban J connectivity index is -0.0000000184. The summed E-state index contributed by atoms with van der Waals surface area (Å²) in [4.78, 5) is 0. The van der Waals surface area contributed by atoms with E-state index in [1.54, 1.807) is 0 Å². The third-order valence-electron chi connectivity index (χ3n) is 0. The molecule has 0 saturated heterocycles. The Morgan fingerprint density at radius 1 is 0.600 bits per heavy atom. The number of hydrogen-bond acceptors (Lipinski definition) is 6. The van der Waals surface area contributed by atoms with Crippen molar-refractivity contribution in [3.05, 3.63) is 0 Å². The molecule has 0 heterocycles. The molecule has 6 N–H and O–H groups in total. The molecule has 0 radical (unpaired) electrons. The monoisotopic (exact) mass is 345 g/mol. The second-order valence-electron chi connectivity index (χ2n) is 0.957. The van der Waals surface area contributed by atoms with Gasteiger partial charge in [-0.2, -0.15) is 0 Å². The van der Waals surface area contributed by atoms with E-state index < -0.39 is 0 Å². The number of hydrogen-bond donors (Lipinski definition) is 3. The first-order valence-electron chi connectivity index (χ1n) is 2.09. The first kappa shape index (κ1) is 36.2. The van der Waals surface area contributed by atoms with E-state index in [1.807, 2.05) is 0 Å². The summed E-state index contributed by atoms with van der Waals surface area (Å²) in [5, 5.41) is 0. The molecule has 0 aliphatic heterocycles. The van der Waals surface area contributed by atoms with Gasteiger partial charge in [0.2, 0.25) is 0 Å². The molecule has 0 bridgehead atoms. The van der Waals surface area contributed by atoms with Crippen LogP contribution in [0, 0.1) is 0 Å². The minimum atomic E-state index is 0. The molecule has 72 valence electrons. The molecule has 0 spiro atoms. The van der Waals surface area contributed by atoms with Gasteiger partial charge in [0.05, 0.1) is 0 Å². The molecule has 0 amide bonds. The first-order chi connectivity index (χ1) is 5.20. The normalized spacial score (nSPS) is 4.80. The topological polar surface area (TPSA) is 78.1 Å². The smallest absolute Gasteiger partial charge is 0.415 e. The number of thiocarbonyl (C=S) groups is 3. The average molecular weight is 345 g/mol. The van der Waals surface area contributed by atoms with Gasteiger partial charge in [0.15, 0.2) is 0 Å². The van der Waals surface area contributed by atoms with Crippen molar-refractivity contribution in [2.45, 2.75) is 0 Å². The molecule has 0 rings (SSSR count). The van der Waals surface area contributed by atoms with Crippen molar-refractivity contribution < 1.29 is 88.7 Å². The summed E-state index contributed by atoms with van der Waals surface area (Å²) in [5.74, 6) is 0. The Morgan fingerprint density at radius 3 is 0.600 bits per heavy atom. The van der Waals surface area contributed by atoms with Crippen LogP contribution in [-0.4, -0.2) is 13.0 Å². The summed E-state index contributed by atoms with van der Waals surface area (Å²) in [6.07, 6.45) is 0. The van der Waals surface area contributed by atoms with Gasteiger partial charge in [-0.1, -0.05) is 13.0 Å². The van der Waals surface area contributed by atoms with E-state index in [0.717, 1.165) is 0 Å². The SMILES string of the molecule is NC(=S)[S-].NC(=S)[S-].NC(=S)[S-].[Na+].[Na+].[Na+]. The van der Waals surface area contributed by atoms with Crippen molar-refractivity contribution >= 4 is 87.5 Å². The largest absolute Gasteiger partial charge is 1.00 e. The Kier molecular flexibility index (Phi) is 73.4. The van der Waals surface area contributed by atoms with E-state index in [-0.39, 0.29) is 102 Å². The van der Waals surface area contributed by atoms with Crippen molar-refractivity contribution in [2.24, 2.45) is 17.2 Å². The quantitative estimate of drug-likeness (QED) is 0.225. The Bertz CT molecular complexity index is 126. The summed E-state index contributed by atoms with van der Waals surface area (Å²) in [6, 6.07) is 0. The minimum absolute atomic E-state index is 0. The molecule has 0 aromatic rings. The van der Waals surface area contributed by atoms with Crippen LogP contribution in [0.4, 0.5) is 0 Å². The van der Waals surface area contributed by atoms with E-state index >= 15 is 0 Å². The third kappa shape index (κ3) is 367. The zero-order valence-corrected chi connectivity index (χ0v) is 19.6. The first-order valence-corrected chi connectivity index (χ1v) is 4.54. The van der Waals surface area contributed by atoms with Gasteiger partial charge in [-0.05, 0) is 0 Å². The molecule has 0 atom stereocenters. The summed E-state index contributed by atoms with van der Waals surface area (Å²) < 4.78 is 0.250. The van der Waals surface area contributed by atoms with Crippen LogP contribution in [0.2, 0.25) is 0 Å². The fourth-order valence-corrected chi connectivity index (χ4v) is 0. The van der Waals surface area contributed by atoms with Gasteiger partial charge in [-0.25, -0.2) is 0 Å². The molecule has 0 aliphatic carbocycles. The second-order valence-corrected chi connectivity index (χ2v) is 4.37. The van der Waals surface area contributed by atoms with Crippen LogP contribution in [0.5, 0.6) is 0 Å². The molecule has 0 saturated carbocycles. The van der Waals surface area contributed by atoms with E-state index in [2.05, 4.69) is 91.7 Å². The summed E-state index contributed by atoms with van der Waals surface area (Å²) >= 11 is 24.8. The van der Waals surface area contributed by atoms with Crippen LogP contribution >= 0.6 is 36.7 Å². The number of nitrogens with two attached hydrogens (primary N) is 3. The minimum Gasteiger partial charge on any atom is -0.415 e. The Labute approximate surface area is 189 Å².